The first-order valence-electron chi connectivity index (χ1n) is 4.72. The van der Waals surface area contributed by atoms with Crippen molar-refractivity contribution in [2.75, 3.05) is 0 Å². The number of hydrogen-bond donors (Lipinski definition) is 1. The van der Waals surface area contributed by atoms with Gasteiger partial charge in [-0.25, -0.2) is 0 Å². The van der Waals surface area contributed by atoms with Gasteiger partial charge in [-0.05, 0) is 18.6 Å². The summed E-state index contributed by atoms with van der Waals surface area (Å²) >= 11 is 0. The van der Waals surface area contributed by atoms with Gasteiger partial charge in [0.25, 0.3) is 0 Å². The van der Waals surface area contributed by atoms with E-state index < -0.39 is 11.6 Å². The molecule has 1 fully saturated rings. The number of rotatable bonds is 0. The predicted molar refractivity (Wildman–Crippen MR) is 52.6 cm³/mol. The average Bonchev–Trinajstić information content (AvgIpc) is 2.28. The van der Waals surface area contributed by atoms with Crippen molar-refractivity contribution in [1.82, 2.24) is 5.32 Å². The normalized spacial score (nSPS) is 29.2. The predicted octanol–water partition coefficient (Wildman–Crippen LogP) is 0.966. The molecular weight excluding hydrogens is 178 g/mol. The third-order valence-corrected chi connectivity index (χ3v) is 3.23. The lowest BCUT2D eigenvalue weighted by Gasteiger charge is -2.23. The van der Waals surface area contributed by atoms with Crippen LogP contribution in [0.5, 0.6) is 0 Å². The van der Waals surface area contributed by atoms with E-state index in [1.165, 1.54) is 12.2 Å². The number of allylic oxidation sites excluding steroid dienone is 3. The summed E-state index contributed by atoms with van der Waals surface area (Å²) in [6, 6.07) is 0.249. The van der Waals surface area contributed by atoms with Crippen molar-refractivity contribution in [2.24, 2.45) is 5.41 Å². The van der Waals surface area contributed by atoms with Crippen LogP contribution in [0.15, 0.2) is 23.4 Å². The third kappa shape index (κ3) is 1.05. The quantitative estimate of drug-likeness (QED) is 0.458. The van der Waals surface area contributed by atoms with Gasteiger partial charge in [0.1, 0.15) is 0 Å². The number of ketones is 2. The topological polar surface area (TPSA) is 46.2 Å². The maximum atomic E-state index is 11.2. The molecule has 3 nitrogen and oxygen atoms in total. The van der Waals surface area contributed by atoms with Gasteiger partial charge in [-0.3, -0.25) is 9.59 Å². The van der Waals surface area contributed by atoms with Gasteiger partial charge in [-0.15, -0.1) is 0 Å². The molecule has 2 aliphatic rings. The molecule has 1 unspecified atom stereocenters. The van der Waals surface area contributed by atoms with E-state index in [4.69, 9.17) is 0 Å². The molecule has 0 radical (unpaired) electrons. The van der Waals surface area contributed by atoms with Gasteiger partial charge in [0.15, 0.2) is 0 Å². The molecule has 1 atom stereocenters. The number of fused-ring (bicyclic) bond motifs is 1. The summed E-state index contributed by atoms with van der Waals surface area (Å²) in [4.78, 5) is 22.4. The van der Waals surface area contributed by atoms with Crippen LogP contribution in [0, 0.1) is 5.41 Å². The van der Waals surface area contributed by atoms with Crippen LogP contribution >= 0.6 is 0 Å². The van der Waals surface area contributed by atoms with Crippen molar-refractivity contribution >= 4 is 11.6 Å². The summed E-state index contributed by atoms with van der Waals surface area (Å²) in [6.45, 7) is 6.19. The molecule has 3 heteroatoms. The number of carbonyl (C=O) groups excluding carboxylic acids is 2. The van der Waals surface area contributed by atoms with E-state index in [-0.39, 0.29) is 11.5 Å². The molecule has 1 aliphatic carbocycles. The van der Waals surface area contributed by atoms with Crippen LogP contribution in [0.4, 0.5) is 0 Å². The van der Waals surface area contributed by atoms with Gasteiger partial charge in [-0.1, -0.05) is 13.8 Å². The average molecular weight is 191 g/mol. The van der Waals surface area contributed by atoms with Crippen molar-refractivity contribution in [2.45, 2.75) is 26.8 Å². The van der Waals surface area contributed by atoms with Gasteiger partial charge in [0, 0.05) is 23.2 Å². The Morgan fingerprint density at radius 3 is 2.43 bits per heavy atom. The van der Waals surface area contributed by atoms with Crippen molar-refractivity contribution < 1.29 is 9.59 Å². The van der Waals surface area contributed by atoms with Crippen LogP contribution in [0.3, 0.4) is 0 Å². The van der Waals surface area contributed by atoms with Crippen LogP contribution in [0.25, 0.3) is 0 Å². The molecule has 1 aliphatic heterocycles. The standard InChI is InChI=1S/C11H13NO2/c1-6-11(2,3)7-4-9(13)10(14)5-8(7)12-6/h4-6,12H,1-3H3. The molecule has 0 aromatic rings. The maximum absolute atomic E-state index is 11.2. The van der Waals surface area contributed by atoms with E-state index in [0.29, 0.717) is 0 Å². The fraction of sp³-hybridized carbons (Fsp3) is 0.455. The van der Waals surface area contributed by atoms with Crippen LogP contribution in [-0.2, 0) is 9.59 Å². The molecular formula is C11H13NO2. The van der Waals surface area contributed by atoms with Gasteiger partial charge < -0.3 is 5.32 Å². The molecule has 1 saturated heterocycles. The molecule has 0 saturated carbocycles. The van der Waals surface area contributed by atoms with Gasteiger partial charge in [0.05, 0.1) is 0 Å². The highest BCUT2D eigenvalue weighted by Gasteiger charge is 2.41. The molecule has 2 rings (SSSR count). The van der Waals surface area contributed by atoms with Crippen molar-refractivity contribution in [3.63, 3.8) is 0 Å². The summed E-state index contributed by atoms with van der Waals surface area (Å²) in [5.74, 6) is -0.839. The Balaban J connectivity index is 2.52. The van der Waals surface area contributed by atoms with Crippen molar-refractivity contribution in [1.29, 1.82) is 0 Å². The monoisotopic (exact) mass is 191 g/mol. The Bertz CT molecular complexity index is 388. The molecule has 1 N–H and O–H groups in total. The van der Waals surface area contributed by atoms with Gasteiger partial charge in [-0.2, -0.15) is 0 Å². The molecule has 0 spiro atoms. The molecule has 0 aromatic carbocycles. The first kappa shape index (κ1) is 9.19. The second-order valence-electron chi connectivity index (χ2n) is 4.43. The van der Waals surface area contributed by atoms with Crippen LogP contribution in [0.2, 0.25) is 0 Å². The molecule has 14 heavy (non-hydrogen) atoms. The van der Waals surface area contributed by atoms with E-state index >= 15 is 0 Å². The number of carbonyl (C=O) groups is 2. The Hall–Kier alpha value is -1.38. The van der Waals surface area contributed by atoms with Gasteiger partial charge in [0.2, 0.25) is 11.6 Å². The third-order valence-electron chi connectivity index (χ3n) is 3.23. The maximum Gasteiger partial charge on any atom is 0.227 e. The SMILES string of the molecule is CC1NC2=CC(=O)C(=O)C=C2C1(C)C. The molecule has 0 aromatic heterocycles. The Kier molecular flexibility index (Phi) is 1.68. The van der Waals surface area contributed by atoms with E-state index in [1.807, 2.05) is 0 Å². The van der Waals surface area contributed by atoms with E-state index in [1.54, 1.807) is 0 Å². The van der Waals surface area contributed by atoms with E-state index in [2.05, 4.69) is 26.1 Å². The number of hydrogen-bond acceptors (Lipinski definition) is 3. The zero-order chi connectivity index (χ0) is 10.5. The smallest absolute Gasteiger partial charge is 0.227 e. The fourth-order valence-corrected chi connectivity index (χ4v) is 1.86. The minimum absolute atomic E-state index is 0.0812. The Morgan fingerprint density at radius 1 is 1.21 bits per heavy atom. The Morgan fingerprint density at radius 2 is 1.79 bits per heavy atom. The lowest BCUT2D eigenvalue weighted by atomic mass is 9.79. The minimum atomic E-state index is -0.429. The summed E-state index contributed by atoms with van der Waals surface area (Å²) < 4.78 is 0. The lowest BCUT2D eigenvalue weighted by Crippen LogP contribution is -2.28. The van der Waals surface area contributed by atoms with Crippen LogP contribution < -0.4 is 5.32 Å². The summed E-state index contributed by atoms with van der Waals surface area (Å²) in [6.07, 6.45) is 2.87. The van der Waals surface area contributed by atoms with Gasteiger partial charge >= 0.3 is 0 Å². The molecule has 0 amide bonds. The second kappa shape index (κ2) is 2.56. The first-order valence-corrected chi connectivity index (χ1v) is 4.72. The zero-order valence-electron chi connectivity index (χ0n) is 8.55. The molecule has 1 heterocycles. The van der Waals surface area contributed by atoms with Crippen LogP contribution in [0.1, 0.15) is 20.8 Å². The fourth-order valence-electron chi connectivity index (χ4n) is 1.86. The largest absolute Gasteiger partial charge is 0.381 e. The second-order valence-corrected chi connectivity index (χ2v) is 4.43. The minimum Gasteiger partial charge on any atom is -0.381 e. The highest BCUT2D eigenvalue weighted by molar-refractivity contribution is 6.46. The highest BCUT2D eigenvalue weighted by Crippen LogP contribution is 2.41. The summed E-state index contributed by atoms with van der Waals surface area (Å²) in [5, 5.41) is 3.22. The van der Waals surface area contributed by atoms with Crippen LogP contribution in [-0.4, -0.2) is 17.6 Å². The first-order chi connectivity index (χ1) is 6.43. The number of nitrogens with one attached hydrogen (secondary N) is 1. The molecule has 0 bridgehead atoms. The summed E-state index contributed by atoms with van der Waals surface area (Å²) in [7, 11) is 0. The van der Waals surface area contributed by atoms with E-state index in [9.17, 15) is 9.59 Å². The Labute approximate surface area is 82.9 Å². The summed E-state index contributed by atoms with van der Waals surface area (Å²) in [5.41, 5.74) is 1.68. The molecule has 74 valence electrons. The van der Waals surface area contributed by atoms with Crippen molar-refractivity contribution in [3.05, 3.63) is 23.4 Å². The zero-order valence-corrected chi connectivity index (χ0v) is 8.55. The lowest BCUT2D eigenvalue weighted by molar-refractivity contribution is -0.131. The van der Waals surface area contributed by atoms with E-state index in [0.717, 1.165) is 11.3 Å². The van der Waals surface area contributed by atoms with Crippen molar-refractivity contribution in [3.8, 4) is 0 Å². The highest BCUT2D eigenvalue weighted by atomic mass is 16.2.